The van der Waals surface area contributed by atoms with E-state index in [0.717, 1.165) is 18.4 Å². The number of hydrogen-bond acceptors (Lipinski definition) is 6. The number of para-hydroxylation sites is 3. The van der Waals surface area contributed by atoms with E-state index in [-0.39, 0.29) is 17.3 Å². The minimum Gasteiger partial charge on any atom is -0.496 e. The van der Waals surface area contributed by atoms with Gasteiger partial charge in [0.1, 0.15) is 22.6 Å². The summed E-state index contributed by atoms with van der Waals surface area (Å²) in [4.78, 5) is 22.7. The minimum absolute atomic E-state index is 0.173. The van der Waals surface area contributed by atoms with E-state index >= 15 is 0 Å². The van der Waals surface area contributed by atoms with Gasteiger partial charge in [0.2, 0.25) is 0 Å². The fourth-order valence-electron chi connectivity index (χ4n) is 4.11. The van der Waals surface area contributed by atoms with Crippen molar-refractivity contribution in [1.82, 2.24) is 20.0 Å². The number of carbonyl (C=O) groups excluding carboxylic acids is 1. The highest BCUT2D eigenvalue weighted by Crippen LogP contribution is 2.28. The van der Waals surface area contributed by atoms with E-state index in [1.54, 1.807) is 13.3 Å². The Bertz CT molecular complexity index is 1560. The first-order chi connectivity index (χ1) is 17.7. The lowest BCUT2D eigenvalue weighted by atomic mass is 10.1. The molecular formula is C28H26N6O2. The molecule has 5 rings (SSSR count). The molecule has 2 aromatic heterocycles. The predicted molar refractivity (Wildman–Crippen MR) is 143 cm³/mol. The highest BCUT2D eigenvalue weighted by molar-refractivity contribution is 6.10. The normalized spacial score (nSPS) is 11.4. The number of anilines is 1. The van der Waals surface area contributed by atoms with Crippen LogP contribution in [0, 0.1) is 0 Å². The molecule has 3 N–H and O–H groups in total. The predicted octanol–water partition coefficient (Wildman–Crippen LogP) is 4.42. The number of carbonyl (C=O) groups is 1. The molecule has 0 aliphatic rings. The van der Waals surface area contributed by atoms with Crippen molar-refractivity contribution >= 4 is 40.1 Å². The summed E-state index contributed by atoms with van der Waals surface area (Å²) in [5.74, 6) is 0.539. The number of methoxy groups -OCH3 is 1. The number of aryl methyl sites for hydroxylation is 1. The van der Waals surface area contributed by atoms with Crippen molar-refractivity contribution in [3.63, 3.8) is 0 Å². The Morgan fingerprint density at radius 2 is 1.69 bits per heavy atom. The third kappa shape index (κ3) is 4.61. The van der Waals surface area contributed by atoms with Gasteiger partial charge in [0.25, 0.3) is 5.91 Å². The number of nitrogens with zero attached hydrogens (tertiary/aromatic N) is 4. The molecule has 3 aromatic carbocycles. The summed E-state index contributed by atoms with van der Waals surface area (Å²) >= 11 is 0. The fraction of sp³-hybridized carbons (Fsp3) is 0.143. The van der Waals surface area contributed by atoms with E-state index in [1.165, 1.54) is 10.2 Å². The molecule has 0 aliphatic carbocycles. The van der Waals surface area contributed by atoms with Gasteiger partial charge in [-0.2, -0.15) is 9.78 Å². The van der Waals surface area contributed by atoms with E-state index in [0.29, 0.717) is 34.5 Å². The van der Waals surface area contributed by atoms with Crippen molar-refractivity contribution < 1.29 is 9.53 Å². The summed E-state index contributed by atoms with van der Waals surface area (Å²) in [6.07, 6.45) is 3.30. The van der Waals surface area contributed by atoms with Gasteiger partial charge in [-0.25, -0.2) is 9.97 Å². The average molecular weight is 479 g/mol. The van der Waals surface area contributed by atoms with Crippen LogP contribution in [0.2, 0.25) is 0 Å². The zero-order valence-electron chi connectivity index (χ0n) is 19.9. The van der Waals surface area contributed by atoms with Gasteiger partial charge >= 0.3 is 0 Å². The molecule has 0 fully saturated rings. The molecule has 0 bridgehead atoms. The Labute approximate surface area is 208 Å². The van der Waals surface area contributed by atoms with E-state index in [1.807, 2.05) is 66.7 Å². The number of nitrogen functional groups attached to an aromatic ring is 1. The van der Waals surface area contributed by atoms with Gasteiger partial charge in [0, 0.05) is 12.1 Å². The SMILES string of the molecule is COc1ccccc1/C=N\n1c(N)c(C(=O)NCCCc2ccccc2)c2nc3ccccc3nc21. The molecule has 0 saturated heterocycles. The Kier molecular flexibility index (Phi) is 6.57. The van der Waals surface area contributed by atoms with Crippen LogP contribution < -0.4 is 15.8 Å². The largest absolute Gasteiger partial charge is 0.496 e. The van der Waals surface area contributed by atoms with Gasteiger partial charge < -0.3 is 15.8 Å². The number of benzene rings is 3. The molecule has 0 radical (unpaired) electrons. The maximum Gasteiger partial charge on any atom is 0.257 e. The number of aromatic nitrogens is 3. The summed E-state index contributed by atoms with van der Waals surface area (Å²) < 4.78 is 6.87. The number of nitrogens with one attached hydrogen (secondary N) is 1. The number of nitrogens with two attached hydrogens (primary N) is 1. The van der Waals surface area contributed by atoms with Crippen LogP contribution in [0.5, 0.6) is 5.75 Å². The lowest BCUT2D eigenvalue weighted by molar-refractivity contribution is 0.0955. The summed E-state index contributed by atoms with van der Waals surface area (Å²) in [6, 6.07) is 25.2. The molecule has 8 heteroatoms. The molecule has 1 amide bonds. The third-order valence-electron chi connectivity index (χ3n) is 5.92. The van der Waals surface area contributed by atoms with Crippen molar-refractivity contribution in [3.8, 4) is 5.75 Å². The number of ether oxygens (including phenoxy) is 1. The van der Waals surface area contributed by atoms with Crippen LogP contribution >= 0.6 is 0 Å². The molecule has 2 heterocycles. The van der Waals surface area contributed by atoms with E-state index < -0.39 is 0 Å². The van der Waals surface area contributed by atoms with Crippen molar-refractivity contribution in [2.45, 2.75) is 12.8 Å². The minimum atomic E-state index is -0.304. The zero-order chi connectivity index (χ0) is 24.9. The van der Waals surface area contributed by atoms with E-state index in [4.69, 9.17) is 20.4 Å². The van der Waals surface area contributed by atoms with Gasteiger partial charge in [0.05, 0.1) is 24.4 Å². The second-order valence-corrected chi connectivity index (χ2v) is 8.29. The lowest BCUT2D eigenvalue weighted by Crippen LogP contribution is -2.25. The summed E-state index contributed by atoms with van der Waals surface area (Å²) in [5, 5.41) is 7.55. The molecular weight excluding hydrogens is 452 g/mol. The topological polar surface area (TPSA) is 107 Å². The fourth-order valence-corrected chi connectivity index (χ4v) is 4.11. The quantitative estimate of drug-likeness (QED) is 0.254. The molecule has 0 unspecified atom stereocenters. The van der Waals surface area contributed by atoms with E-state index in [2.05, 4.69) is 22.6 Å². The van der Waals surface area contributed by atoms with Crippen LogP contribution in [0.1, 0.15) is 27.9 Å². The lowest BCUT2D eigenvalue weighted by Gasteiger charge is -2.06. The van der Waals surface area contributed by atoms with Crippen LogP contribution in [0.15, 0.2) is 84.0 Å². The molecule has 180 valence electrons. The summed E-state index contributed by atoms with van der Waals surface area (Å²) in [5.41, 5.74) is 10.9. The van der Waals surface area contributed by atoms with Crippen molar-refractivity contribution in [2.75, 3.05) is 19.4 Å². The highest BCUT2D eigenvalue weighted by Gasteiger charge is 2.24. The first kappa shape index (κ1) is 23.0. The molecule has 0 aliphatic heterocycles. The molecule has 36 heavy (non-hydrogen) atoms. The smallest absolute Gasteiger partial charge is 0.257 e. The maximum atomic E-state index is 13.3. The Morgan fingerprint density at radius 1 is 1.00 bits per heavy atom. The van der Waals surface area contributed by atoms with Crippen LogP contribution in [-0.2, 0) is 6.42 Å². The number of hydrogen-bond donors (Lipinski definition) is 2. The van der Waals surface area contributed by atoms with Gasteiger partial charge in [0.15, 0.2) is 5.65 Å². The summed E-state index contributed by atoms with van der Waals surface area (Å²) in [6.45, 7) is 0.505. The van der Waals surface area contributed by atoms with Gasteiger partial charge in [-0.15, -0.1) is 0 Å². The van der Waals surface area contributed by atoms with Crippen LogP contribution in [0.4, 0.5) is 5.82 Å². The molecule has 0 atom stereocenters. The first-order valence-corrected chi connectivity index (χ1v) is 11.7. The Hall–Kier alpha value is -4.72. The average Bonchev–Trinajstić information content (AvgIpc) is 3.19. The monoisotopic (exact) mass is 478 g/mol. The third-order valence-corrected chi connectivity index (χ3v) is 5.92. The Morgan fingerprint density at radius 3 is 2.47 bits per heavy atom. The van der Waals surface area contributed by atoms with Crippen LogP contribution in [-0.4, -0.2) is 40.4 Å². The van der Waals surface area contributed by atoms with Gasteiger partial charge in [-0.05, 0) is 42.7 Å². The molecule has 8 nitrogen and oxygen atoms in total. The Balaban J connectivity index is 1.49. The van der Waals surface area contributed by atoms with Crippen molar-refractivity contribution in [3.05, 3.63) is 95.6 Å². The molecule has 5 aromatic rings. The second kappa shape index (κ2) is 10.3. The van der Waals surface area contributed by atoms with E-state index in [9.17, 15) is 4.79 Å². The highest BCUT2D eigenvalue weighted by atomic mass is 16.5. The standard InChI is InChI=1S/C28H26N6O2/c1-36-23-16-8-5-13-20(23)18-31-34-26(29)24(25-27(34)33-22-15-7-6-14-21(22)32-25)28(35)30-17-9-12-19-10-3-2-4-11-19/h2-8,10-11,13-16,18H,9,12,17,29H2,1H3,(H,30,35)/b31-18-. The second-order valence-electron chi connectivity index (χ2n) is 8.29. The van der Waals surface area contributed by atoms with Gasteiger partial charge in [-0.3, -0.25) is 4.79 Å². The number of rotatable bonds is 8. The van der Waals surface area contributed by atoms with Crippen LogP contribution in [0.25, 0.3) is 22.2 Å². The number of amides is 1. The zero-order valence-corrected chi connectivity index (χ0v) is 19.9. The number of fused-ring (bicyclic) bond motifs is 2. The van der Waals surface area contributed by atoms with Crippen LogP contribution in [0.3, 0.4) is 0 Å². The van der Waals surface area contributed by atoms with Gasteiger partial charge in [-0.1, -0.05) is 54.6 Å². The molecule has 0 spiro atoms. The van der Waals surface area contributed by atoms with Crippen molar-refractivity contribution in [1.29, 1.82) is 0 Å². The maximum absolute atomic E-state index is 13.3. The summed E-state index contributed by atoms with van der Waals surface area (Å²) in [7, 11) is 1.60. The molecule has 0 saturated carbocycles. The van der Waals surface area contributed by atoms with Crippen molar-refractivity contribution in [2.24, 2.45) is 5.10 Å². The first-order valence-electron chi connectivity index (χ1n) is 11.7.